The highest BCUT2D eigenvalue weighted by Gasteiger charge is 2.08. The van der Waals surface area contributed by atoms with E-state index in [0.29, 0.717) is 18.0 Å². The molecule has 2 nitrogen and oxygen atoms in total. The third-order valence-corrected chi connectivity index (χ3v) is 3.29. The Morgan fingerprint density at radius 3 is 2.63 bits per heavy atom. The topological polar surface area (TPSA) is 21.3 Å². The Hall–Kier alpha value is -1.10. The molecular formula is C14H12BrClFNO. The van der Waals surface area contributed by atoms with Gasteiger partial charge in [0.25, 0.3) is 0 Å². The van der Waals surface area contributed by atoms with Crippen LogP contribution in [0, 0.1) is 5.82 Å². The van der Waals surface area contributed by atoms with Crippen LogP contribution in [0.4, 0.5) is 4.39 Å². The molecule has 0 aliphatic carbocycles. The summed E-state index contributed by atoms with van der Waals surface area (Å²) in [5, 5.41) is 3.32. The molecule has 0 saturated heterocycles. The Morgan fingerprint density at radius 2 is 1.95 bits per heavy atom. The molecule has 1 N–H and O–H groups in total. The number of hydrogen-bond donors (Lipinski definition) is 1. The monoisotopic (exact) mass is 343 g/mol. The third kappa shape index (κ3) is 3.69. The summed E-state index contributed by atoms with van der Waals surface area (Å²) in [5.74, 6) is 0.734. The van der Waals surface area contributed by atoms with Crippen LogP contribution < -0.4 is 10.1 Å². The number of benzene rings is 2. The first-order valence-electron chi connectivity index (χ1n) is 5.66. The van der Waals surface area contributed by atoms with Gasteiger partial charge in [-0.15, -0.1) is 0 Å². The fourth-order valence-electron chi connectivity index (χ4n) is 1.65. The van der Waals surface area contributed by atoms with E-state index < -0.39 is 0 Å². The lowest BCUT2D eigenvalue weighted by Crippen LogP contribution is -2.06. The lowest BCUT2D eigenvalue weighted by Gasteiger charge is -2.12. The number of nitrogens with one attached hydrogen (secondary N) is 1. The highest BCUT2D eigenvalue weighted by atomic mass is 79.9. The van der Waals surface area contributed by atoms with Crippen molar-refractivity contribution < 1.29 is 9.13 Å². The van der Waals surface area contributed by atoms with E-state index in [-0.39, 0.29) is 10.8 Å². The van der Waals surface area contributed by atoms with E-state index in [1.54, 1.807) is 0 Å². The first kappa shape index (κ1) is 14.3. The molecule has 2 aromatic carbocycles. The Bertz CT molecular complexity index is 592. The molecule has 0 fully saturated rings. The second-order valence-corrected chi connectivity index (χ2v) is 5.28. The van der Waals surface area contributed by atoms with Crippen LogP contribution in [0.2, 0.25) is 5.02 Å². The molecule has 0 atom stereocenters. The first-order valence-corrected chi connectivity index (χ1v) is 6.83. The van der Waals surface area contributed by atoms with Crippen molar-refractivity contribution in [3.8, 4) is 11.5 Å². The standard InChI is InChI=1S/C14H12BrClFNO/c1-18-8-9-6-10(15)2-4-13(9)19-14-5-3-11(17)7-12(14)16/h2-7,18H,8H2,1H3. The maximum Gasteiger partial charge on any atom is 0.146 e. The molecular weight excluding hydrogens is 333 g/mol. The second-order valence-electron chi connectivity index (χ2n) is 3.96. The normalized spacial score (nSPS) is 10.5. The van der Waals surface area contributed by atoms with Crippen LogP contribution in [-0.4, -0.2) is 7.05 Å². The number of rotatable bonds is 4. The van der Waals surface area contributed by atoms with Crippen molar-refractivity contribution in [3.05, 3.63) is 57.3 Å². The van der Waals surface area contributed by atoms with Gasteiger partial charge in [-0.2, -0.15) is 0 Å². The second kappa shape index (κ2) is 6.37. The van der Waals surface area contributed by atoms with Crippen molar-refractivity contribution in [3.63, 3.8) is 0 Å². The van der Waals surface area contributed by atoms with Crippen molar-refractivity contribution >= 4 is 27.5 Å². The van der Waals surface area contributed by atoms with Gasteiger partial charge in [-0.05, 0) is 43.4 Å². The highest BCUT2D eigenvalue weighted by molar-refractivity contribution is 9.10. The molecule has 2 aromatic rings. The van der Waals surface area contributed by atoms with Gasteiger partial charge in [-0.25, -0.2) is 4.39 Å². The van der Waals surface area contributed by atoms with Crippen molar-refractivity contribution in [1.29, 1.82) is 0 Å². The van der Waals surface area contributed by atoms with Gasteiger partial charge in [0, 0.05) is 16.6 Å². The van der Waals surface area contributed by atoms with Crippen LogP contribution in [0.1, 0.15) is 5.56 Å². The van der Waals surface area contributed by atoms with E-state index in [0.717, 1.165) is 10.0 Å². The molecule has 0 spiro atoms. The molecule has 0 amide bonds. The highest BCUT2D eigenvalue weighted by Crippen LogP contribution is 2.32. The van der Waals surface area contributed by atoms with Crippen LogP contribution in [0.25, 0.3) is 0 Å². The van der Waals surface area contributed by atoms with E-state index in [4.69, 9.17) is 16.3 Å². The average molecular weight is 345 g/mol. The molecule has 2 rings (SSSR count). The first-order chi connectivity index (χ1) is 9.10. The van der Waals surface area contributed by atoms with Crippen LogP contribution in [0.5, 0.6) is 11.5 Å². The van der Waals surface area contributed by atoms with Crippen LogP contribution in [0.3, 0.4) is 0 Å². The molecule has 0 bridgehead atoms. The van der Waals surface area contributed by atoms with Gasteiger partial charge < -0.3 is 10.1 Å². The fourth-order valence-corrected chi connectivity index (χ4v) is 2.27. The van der Waals surface area contributed by atoms with Gasteiger partial charge in [-0.3, -0.25) is 0 Å². The smallest absolute Gasteiger partial charge is 0.146 e. The fraction of sp³-hybridized carbons (Fsp3) is 0.143. The predicted octanol–water partition coefficient (Wildman–Crippen LogP) is 4.75. The van der Waals surface area contributed by atoms with E-state index in [1.165, 1.54) is 18.2 Å². The Labute approximate surface area is 124 Å². The molecule has 5 heteroatoms. The van der Waals surface area contributed by atoms with Crippen LogP contribution in [0.15, 0.2) is 40.9 Å². The number of ether oxygens (including phenoxy) is 1. The van der Waals surface area contributed by atoms with Gasteiger partial charge in [0.15, 0.2) is 0 Å². The van der Waals surface area contributed by atoms with Crippen molar-refractivity contribution in [2.45, 2.75) is 6.54 Å². The molecule has 0 aliphatic rings. The van der Waals surface area contributed by atoms with E-state index >= 15 is 0 Å². The summed E-state index contributed by atoms with van der Waals surface area (Å²) < 4.78 is 19.7. The summed E-state index contributed by atoms with van der Waals surface area (Å²) in [7, 11) is 1.86. The molecule has 0 saturated carbocycles. The lowest BCUT2D eigenvalue weighted by atomic mass is 10.2. The largest absolute Gasteiger partial charge is 0.455 e. The summed E-state index contributed by atoms with van der Waals surface area (Å²) >= 11 is 9.37. The molecule has 100 valence electrons. The minimum absolute atomic E-state index is 0.248. The predicted molar refractivity (Wildman–Crippen MR) is 78.4 cm³/mol. The summed E-state index contributed by atoms with van der Waals surface area (Å²) in [5.41, 5.74) is 0.984. The maximum absolute atomic E-state index is 13.0. The number of hydrogen-bond acceptors (Lipinski definition) is 2. The molecule has 0 unspecified atom stereocenters. The summed E-state index contributed by atoms with van der Waals surface area (Å²) in [6.07, 6.45) is 0. The quantitative estimate of drug-likeness (QED) is 0.864. The minimum atomic E-state index is -0.386. The van der Waals surface area contributed by atoms with Crippen molar-refractivity contribution in [2.24, 2.45) is 0 Å². The van der Waals surface area contributed by atoms with E-state index in [1.807, 2.05) is 25.2 Å². The van der Waals surface area contributed by atoms with Gasteiger partial charge in [0.2, 0.25) is 0 Å². The van der Waals surface area contributed by atoms with Gasteiger partial charge >= 0.3 is 0 Å². The maximum atomic E-state index is 13.0. The SMILES string of the molecule is CNCc1cc(Br)ccc1Oc1ccc(F)cc1Cl. The zero-order valence-electron chi connectivity index (χ0n) is 10.2. The average Bonchev–Trinajstić information content (AvgIpc) is 2.36. The van der Waals surface area contributed by atoms with E-state index in [9.17, 15) is 4.39 Å². The minimum Gasteiger partial charge on any atom is -0.455 e. The Kier molecular flexibility index (Phi) is 4.80. The Morgan fingerprint density at radius 1 is 1.21 bits per heavy atom. The molecule has 0 aliphatic heterocycles. The summed E-state index contributed by atoms with van der Waals surface area (Å²) in [6.45, 7) is 0.660. The zero-order valence-corrected chi connectivity index (χ0v) is 12.6. The molecule has 19 heavy (non-hydrogen) atoms. The molecule has 0 aromatic heterocycles. The third-order valence-electron chi connectivity index (χ3n) is 2.50. The molecule has 0 radical (unpaired) electrons. The van der Waals surface area contributed by atoms with E-state index in [2.05, 4.69) is 21.2 Å². The Balaban J connectivity index is 2.32. The van der Waals surface area contributed by atoms with Crippen molar-refractivity contribution in [2.75, 3.05) is 7.05 Å². The van der Waals surface area contributed by atoms with Gasteiger partial charge in [0.05, 0.1) is 5.02 Å². The van der Waals surface area contributed by atoms with Gasteiger partial charge in [-0.1, -0.05) is 27.5 Å². The van der Waals surface area contributed by atoms with Crippen LogP contribution >= 0.6 is 27.5 Å². The van der Waals surface area contributed by atoms with Crippen molar-refractivity contribution in [1.82, 2.24) is 5.32 Å². The van der Waals surface area contributed by atoms with Crippen LogP contribution in [-0.2, 0) is 6.54 Å². The number of halogens is 3. The lowest BCUT2D eigenvalue weighted by molar-refractivity contribution is 0.472. The van der Waals surface area contributed by atoms with Gasteiger partial charge in [0.1, 0.15) is 17.3 Å². The summed E-state index contributed by atoms with van der Waals surface area (Å²) in [4.78, 5) is 0. The molecule has 0 heterocycles. The zero-order chi connectivity index (χ0) is 13.8. The summed E-state index contributed by atoms with van der Waals surface area (Å²) in [6, 6.07) is 9.75.